The number of rotatable bonds is 3. The summed E-state index contributed by atoms with van der Waals surface area (Å²) in [5.41, 5.74) is 0. The van der Waals surface area contributed by atoms with Crippen LogP contribution in [0.3, 0.4) is 0 Å². The third-order valence-corrected chi connectivity index (χ3v) is 2.07. The first-order valence-electron chi connectivity index (χ1n) is 3.37. The SMILES string of the molecule is CC(C)N([B]=[Zr+2])C(C)C. The molecule has 0 bridgehead atoms. The van der Waals surface area contributed by atoms with Crippen LogP contribution in [0.1, 0.15) is 27.7 Å². The summed E-state index contributed by atoms with van der Waals surface area (Å²) in [7, 11) is 0. The molecule has 0 amide bonds. The van der Waals surface area contributed by atoms with Crippen molar-refractivity contribution < 1.29 is 24.0 Å². The molecule has 0 aliphatic heterocycles. The molecule has 0 aromatic carbocycles. The fourth-order valence-electron chi connectivity index (χ4n) is 0.894. The Kier molecular flexibility index (Phi) is 5.15. The van der Waals surface area contributed by atoms with Gasteiger partial charge in [-0.05, 0) is 0 Å². The monoisotopic (exact) mass is 201 g/mol. The van der Waals surface area contributed by atoms with Crippen LogP contribution in [-0.2, 0) is 24.0 Å². The fraction of sp³-hybridized carbons (Fsp3) is 1.00. The molecule has 0 aromatic rings. The maximum absolute atomic E-state index is 2.37. The van der Waals surface area contributed by atoms with Crippen molar-refractivity contribution in [3.8, 4) is 0 Å². The van der Waals surface area contributed by atoms with E-state index >= 15 is 0 Å². The second-order valence-electron chi connectivity index (χ2n) is 2.76. The molecule has 9 heavy (non-hydrogen) atoms. The first kappa shape index (κ1) is 9.91. The Bertz CT molecular complexity index is 85.1. The van der Waals surface area contributed by atoms with Crippen molar-refractivity contribution in [3.05, 3.63) is 0 Å². The van der Waals surface area contributed by atoms with E-state index in [0.29, 0.717) is 12.1 Å². The van der Waals surface area contributed by atoms with Gasteiger partial charge in [-0.1, -0.05) is 0 Å². The average Bonchev–Trinajstić information content (AvgIpc) is 1.64. The normalized spacial score (nSPS) is 11.2. The Balaban J connectivity index is 3.82. The molecule has 0 aliphatic carbocycles. The number of nitrogens with zero attached hydrogens (tertiary/aromatic N) is 1. The van der Waals surface area contributed by atoms with Crippen molar-refractivity contribution in [2.24, 2.45) is 0 Å². The van der Waals surface area contributed by atoms with Crippen LogP contribution < -0.4 is 0 Å². The maximum atomic E-state index is 2.37. The Morgan fingerprint density at radius 2 is 1.44 bits per heavy atom. The fourth-order valence-corrected chi connectivity index (χ4v) is 2.36. The van der Waals surface area contributed by atoms with Crippen LogP contribution in [0, 0.1) is 0 Å². The topological polar surface area (TPSA) is 3.24 Å². The zero-order chi connectivity index (χ0) is 7.44. The third-order valence-electron chi connectivity index (χ3n) is 1.34. The van der Waals surface area contributed by atoms with Crippen LogP contribution in [0.25, 0.3) is 0 Å². The molecule has 0 spiro atoms. The van der Waals surface area contributed by atoms with Gasteiger partial charge in [-0.2, -0.15) is 0 Å². The molecule has 0 rings (SSSR count). The second kappa shape index (κ2) is 4.68. The van der Waals surface area contributed by atoms with Gasteiger partial charge in [0.1, 0.15) is 0 Å². The van der Waals surface area contributed by atoms with E-state index < -0.39 is 0 Å². The van der Waals surface area contributed by atoms with Crippen LogP contribution in [0.4, 0.5) is 0 Å². The Morgan fingerprint density at radius 1 is 1.11 bits per heavy atom. The number of hydrogen-bond donors (Lipinski definition) is 0. The van der Waals surface area contributed by atoms with Gasteiger partial charge in [0.2, 0.25) is 0 Å². The molecule has 48 valence electrons. The van der Waals surface area contributed by atoms with Gasteiger partial charge in [0, 0.05) is 0 Å². The zero-order valence-corrected chi connectivity index (χ0v) is 9.14. The van der Waals surface area contributed by atoms with Crippen molar-refractivity contribution in [3.63, 3.8) is 0 Å². The third kappa shape index (κ3) is 3.57. The van der Waals surface area contributed by atoms with Gasteiger partial charge in [-0.3, -0.25) is 0 Å². The summed E-state index contributed by atoms with van der Waals surface area (Å²) in [5, 5.41) is 0. The standard InChI is InChI=1S/C6H14BN.Zr/c1-5(2)8(7)6(3)4;/h5-6H,1-4H3;/q;+2. The van der Waals surface area contributed by atoms with Crippen molar-refractivity contribution in [1.82, 2.24) is 4.81 Å². The van der Waals surface area contributed by atoms with Gasteiger partial charge >= 0.3 is 73.1 Å². The van der Waals surface area contributed by atoms with E-state index in [0.717, 1.165) is 0 Å². The van der Waals surface area contributed by atoms with Crippen molar-refractivity contribution >= 4 is 4.51 Å². The Morgan fingerprint density at radius 3 is 1.44 bits per heavy atom. The van der Waals surface area contributed by atoms with E-state index in [1.807, 2.05) is 0 Å². The summed E-state index contributed by atoms with van der Waals surface area (Å²) in [6.07, 6.45) is 0. The van der Waals surface area contributed by atoms with Crippen LogP contribution in [0.15, 0.2) is 0 Å². The summed E-state index contributed by atoms with van der Waals surface area (Å²) in [6.45, 7) is 8.89. The van der Waals surface area contributed by atoms with Gasteiger partial charge in [-0.15, -0.1) is 0 Å². The zero-order valence-electron chi connectivity index (χ0n) is 6.68. The van der Waals surface area contributed by atoms with E-state index in [2.05, 4.69) is 37.0 Å². The van der Waals surface area contributed by atoms with Crippen LogP contribution >= 0.6 is 0 Å². The van der Waals surface area contributed by atoms with Crippen molar-refractivity contribution in [1.29, 1.82) is 0 Å². The molecule has 0 atom stereocenters. The number of hydrogen-bond acceptors (Lipinski definition) is 1. The average molecular weight is 202 g/mol. The van der Waals surface area contributed by atoms with Gasteiger partial charge < -0.3 is 0 Å². The summed E-state index contributed by atoms with van der Waals surface area (Å²) in [4.78, 5) is 2.37. The Hall–Kier alpha value is 0.908. The molecule has 1 nitrogen and oxygen atoms in total. The molecular weight excluding hydrogens is 188 g/mol. The molecule has 0 saturated carbocycles. The van der Waals surface area contributed by atoms with Gasteiger partial charge in [0.15, 0.2) is 0 Å². The predicted octanol–water partition coefficient (Wildman–Crippen LogP) is 1.19. The quantitative estimate of drug-likeness (QED) is 0.621. The molecular formula is C6H14BNZr+2. The van der Waals surface area contributed by atoms with E-state index in [1.165, 1.54) is 24.0 Å². The minimum atomic E-state index is 0.657. The Labute approximate surface area is 73.1 Å². The summed E-state index contributed by atoms with van der Waals surface area (Å²) in [6, 6.07) is 1.31. The van der Waals surface area contributed by atoms with Gasteiger partial charge in [-0.25, -0.2) is 0 Å². The molecule has 3 heteroatoms. The summed E-state index contributed by atoms with van der Waals surface area (Å²) in [5.74, 6) is 0. The van der Waals surface area contributed by atoms with Crippen LogP contribution in [0.2, 0.25) is 0 Å². The molecule has 0 N–H and O–H groups in total. The molecule has 0 fully saturated rings. The predicted molar refractivity (Wildman–Crippen MR) is 37.9 cm³/mol. The van der Waals surface area contributed by atoms with Crippen molar-refractivity contribution in [2.75, 3.05) is 0 Å². The first-order valence-corrected chi connectivity index (χ1v) is 4.79. The minimum absolute atomic E-state index is 0.657. The van der Waals surface area contributed by atoms with E-state index in [-0.39, 0.29) is 0 Å². The molecule has 0 unspecified atom stereocenters. The van der Waals surface area contributed by atoms with E-state index in [9.17, 15) is 0 Å². The van der Waals surface area contributed by atoms with E-state index in [1.54, 1.807) is 0 Å². The molecule has 0 heterocycles. The van der Waals surface area contributed by atoms with E-state index in [4.69, 9.17) is 0 Å². The second-order valence-corrected chi connectivity index (χ2v) is 3.40. The molecule has 0 aliphatic rings. The van der Waals surface area contributed by atoms with Crippen molar-refractivity contribution in [2.45, 2.75) is 39.8 Å². The molecule has 0 radical (unpaired) electrons. The molecule has 0 saturated heterocycles. The summed E-state index contributed by atoms with van der Waals surface area (Å²) >= 11 is 1.49. The first-order chi connectivity index (χ1) is 4.09. The summed E-state index contributed by atoms with van der Waals surface area (Å²) < 4.78 is 2.24. The molecule has 0 aromatic heterocycles. The van der Waals surface area contributed by atoms with Crippen LogP contribution in [0.5, 0.6) is 0 Å². The van der Waals surface area contributed by atoms with Gasteiger partial charge in [0.05, 0.1) is 0 Å². The van der Waals surface area contributed by atoms with Gasteiger partial charge in [0.25, 0.3) is 0 Å². The van der Waals surface area contributed by atoms with Crippen LogP contribution in [-0.4, -0.2) is 21.4 Å².